The molecule has 0 bridgehead atoms. The monoisotopic (exact) mass is 599 g/mol. The Balaban J connectivity index is 1.32. The standard InChI is InChI=1S/C34H32F3N5O2/c1-2-23-25(36)12-11-20-8-6-10-24(26(20)23)29-28(37)30-27-31(42-15-5-3-4-9-22(42)18-43-32(27)38-29)40-33(39-30)44-19-34-13-7-14-41(34)17-21(35)16-34/h1,6,8,10-12,21-22H,3-5,7,9,13-19H2/t21-,22+,34+/m1/s1. The SMILES string of the molecule is C#Cc1c(F)ccc2cccc(-c3nc4c5c(nc(OC[C@@]67CCCN6C[C@H](F)C7)nc5c3F)N3CCCCC[C@H]3CO4)c12. The lowest BCUT2D eigenvalue weighted by Crippen LogP contribution is -2.43. The number of anilines is 1. The first-order valence-electron chi connectivity index (χ1n) is 15.5. The number of hydrogen-bond acceptors (Lipinski definition) is 7. The summed E-state index contributed by atoms with van der Waals surface area (Å²) in [5.41, 5.74) is -0.0528. The zero-order valence-electron chi connectivity index (χ0n) is 24.3. The number of alkyl halides is 1. The van der Waals surface area contributed by atoms with Gasteiger partial charge < -0.3 is 14.4 Å². The Morgan fingerprint density at radius 2 is 1.95 bits per heavy atom. The number of terminal acetylenes is 1. The first-order chi connectivity index (χ1) is 21.5. The number of pyridine rings is 1. The normalized spacial score (nSPS) is 24.8. The maximum Gasteiger partial charge on any atom is 0.319 e. The van der Waals surface area contributed by atoms with Gasteiger partial charge >= 0.3 is 6.01 Å². The van der Waals surface area contributed by atoms with Crippen molar-refractivity contribution >= 4 is 27.5 Å². The lowest BCUT2D eigenvalue weighted by atomic mass is 9.95. The van der Waals surface area contributed by atoms with Crippen LogP contribution in [-0.2, 0) is 0 Å². The first kappa shape index (κ1) is 27.4. The highest BCUT2D eigenvalue weighted by molar-refractivity contribution is 6.03. The molecule has 0 unspecified atom stereocenters. The molecule has 0 radical (unpaired) electrons. The van der Waals surface area contributed by atoms with Crippen LogP contribution >= 0.6 is 0 Å². The van der Waals surface area contributed by atoms with Crippen LogP contribution in [0.2, 0.25) is 0 Å². The molecular formula is C34H32F3N5O2. The van der Waals surface area contributed by atoms with E-state index in [0.29, 0.717) is 47.1 Å². The highest BCUT2D eigenvalue weighted by Crippen LogP contribution is 2.44. The van der Waals surface area contributed by atoms with Gasteiger partial charge in [0.15, 0.2) is 5.82 Å². The fraction of sp³-hybridized carbons (Fsp3) is 0.441. The van der Waals surface area contributed by atoms with Crippen molar-refractivity contribution in [3.8, 4) is 35.5 Å². The zero-order chi connectivity index (χ0) is 30.0. The Kier molecular flexibility index (Phi) is 6.56. The molecule has 7 nitrogen and oxygen atoms in total. The summed E-state index contributed by atoms with van der Waals surface area (Å²) in [6.07, 6.45) is 11.0. The van der Waals surface area contributed by atoms with Gasteiger partial charge in [0.2, 0.25) is 5.88 Å². The number of hydrogen-bond donors (Lipinski definition) is 0. The van der Waals surface area contributed by atoms with Gasteiger partial charge in [-0.05, 0) is 43.7 Å². The predicted molar refractivity (Wildman–Crippen MR) is 162 cm³/mol. The summed E-state index contributed by atoms with van der Waals surface area (Å²) < 4.78 is 58.8. The maximum absolute atomic E-state index is 16.9. The molecule has 3 saturated heterocycles. The molecule has 44 heavy (non-hydrogen) atoms. The van der Waals surface area contributed by atoms with Crippen molar-refractivity contribution < 1.29 is 22.6 Å². The highest BCUT2D eigenvalue weighted by atomic mass is 19.1. The van der Waals surface area contributed by atoms with Crippen LogP contribution in [0.3, 0.4) is 0 Å². The van der Waals surface area contributed by atoms with E-state index in [1.54, 1.807) is 24.3 Å². The third-order valence-electron chi connectivity index (χ3n) is 9.90. The molecule has 226 valence electrons. The van der Waals surface area contributed by atoms with Gasteiger partial charge in [-0.15, -0.1) is 6.42 Å². The van der Waals surface area contributed by atoms with E-state index in [4.69, 9.17) is 25.9 Å². The highest BCUT2D eigenvalue weighted by Gasteiger charge is 2.49. The van der Waals surface area contributed by atoms with Crippen LogP contribution < -0.4 is 14.4 Å². The van der Waals surface area contributed by atoms with Crippen LogP contribution in [0.25, 0.3) is 32.9 Å². The largest absolute Gasteiger partial charge is 0.475 e. The molecular weight excluding hydrogens is 567 g/mol. The Morgan fingerprint density at radius 1 is 1.05 bits per heavy atom. The molecule has 10 heteroatoms. The minimum absolute atomic E-state index is 0.0149. The molecule has 3 fully saturated rings. The van der Waals surface area contributed by atoms with Gasteiger partial charge in [-0.1, -0.05) is 43.0 Å². The van der Waals surface area contributed by atoms with Crippen LogP contribution in [0.5, 0.6) is 11.9 Å². The van der Waals surface area contributed by atoms with Gasteiger partial charge in [0.05, 0.1) is 17.1 Å². The number of fused-ring (bicyclic) bond motifs is 4. The van der Waals surface area contributed by atoms with Gasteiger partial charge in [0.25, 0.3) is 0 Å². The van der Waals surface area contributed by atoms with Gasteiger partial charge in [0, 0.05) is 30.5 Å². The number of halogens is 3. The van der Waals surface area contributed by atoms with Crippen molar-refractivity contribution in [2.75, 3.05) is 37.7 Å². The van der Waals surface area contributed by atoms with Crippen LogP contribution in [0, 0.1) is 24.0 Å². The van der Waals surface area contributed by atoms with Gasteiger partial charge in [-0.2, -0.15) is 9.97 Å². The van der Waals surface area contributed by atoms with E-state index in [9.17, 15) is 8.78 Å². The summed E-state index contributed by atoms with van der Waals surface area (Å²) in [5, 5.41) is 1.44. The minimum Gasteiger partial charge on any atom is -0.475 e. The van der Waals surface area contributed by atoms with E-state index in [-0.39, 0.29) is 41.3 Å². The van der Waals surface area contributed by atoms with Gasteiger partial charge in [-0.25, -0.2) is 18.2 Å². The van der Waals surface area contributed by atoms with Crippen LogP contribution in [0.4, 0.5) is 19.0 Å². The summed E-state index contributed by atoms with van der Waals surface area (Å²) >= 11 is 0. The number of aromatic nitrogens is 3. The van der Waals surface area contributed by atoms with E-state index < -0.39 is 23.3 Å². The van der Waals surface area contributed by atoms with E-state index in [1.165, 1.54) is 6.07 Å². The fourth-order valence-corrected chi connectivity index (χ4v) is 7.80. The summed E-state index contributed by atoms with van der Waals surface area (Å²) in [5.74, 6) is 1.93. The summed E-state index contributed by atoms with van der Waals surface area (Å²) in [6, 6.07) is 8.22. The lowest BCUT2D eigenvalue weighted by Gasteiger charge is -2.31. The number of rotatable bonds is 4. The molecule has 2 aromatic carbocycles. The van der Waals surface area contributed by atoms with Crippen molar-refractivity contribution in [2.24, 2.45) is 0 Å². The van der Waals surface area contributed by atoms with Crippen molar-refractivity contribution in [1.29, 1.82) is 0 Å². The molecule has 2 aromatic heterocycles. The molecule has 4 aromatic rings. The maximum atomic E-state index is 16.9. The zero-order valence-corrected chi connectivity index (χ0v) is 24.3. The van der Waals surface area contributed by atoms with Crippen LogP contribution in [0.15, 0.2) is 30.3 Å². The van der Waals surface area contributed by atoms with Crippen molar-refractivity contribution in [3.05, 3.63) is 47.5 Å². The molecule has 6 heterocycles. The Labute approximate surface area is 253 Å². The van der Waals surface area contributed by atoms with Gasteiger partial charge in [-0.3, -0.25) is 4.90 Å². The number of ether oxygens (including phenoxy) is 2. The summed E-state index contributed by atoms with van der Waals surface area (Å²) in [6.45, 7) is 2.54. The van der Waals surface area contributed by atoms with Gasteiger partial charge in [0.1, 0.15) is 47.6 Å². The van der Waals surface area contributed by atoms with Crippen molar-refractivity contribution in [3.63, 3.8) is 0 Å². The molecule has 8 rings (SSSR count). The average Bonchev–Trinajstić information content (AvgIpc) is 3.38. The van der Waals surface area contributed by atoms with E-state index in [1.807, 2.05) is 0 Å². The summed E-state index contributed by atoms with van der Waals surface area (Å²) in [7, 11) is 0. The molecule has 3 atom stereocenters. The third-order valence-corrected chi connectivity index (χ3v) is 9.90. The van der Waals surface area contributed by atoms with E-state index in [2.05, 4.69) is 20.7 Å². The summed E-state index contributed by atoms with van der Waals surface area (Å²) in [4.78, 5) is 18.5. The quantitative estimate of drug-likeness (QED) is 0.259. The number of benzene rings is 2. The van der Waals surface area contributed by atoms with Crippen molar-refractivity contribution in [1.82, 2.24) is 19.9 Å². The molecule has 0 aliphatic carbocycles. The molecule has 4 aliphatic heterocycles. The second-order valence-electron chi connectivity index (χ2n) is 12.5. The molecule has 4 aliphatic rings. The lowest BCUT2D eigenvalue weighted by molar-refractivity contribution is 0.107. The average molecular weight is 600 g/mol. The fourth-order valence-electron chi connectivity index (χ4n) is 7.80. The van der Waals surface area contributed by atoms with E-state index >= 15 is 4.39 Å². The van der Waals surface area contributed by atoms with Crippen molar-refractivity contribution in [2.45, 2.75) is 62.7 Å². The smallest absolute Gasteiger partial charge is 0.319 e. The topological polar surface area (TPSA) is 63.6 Å². The Hall–Kier alpha value is -4.10. The minimum atomic E-state index is -0.900. The Morgan fingerprint density at radius 3 is 2.84 bits per heavy atom. The second kappa shape index (κ2) is 10.5. The molecule has 0 N–H and O–H groups in total. The molecule has 0 spiro atoms. The molecule has 0 amide bonds. The van der Waals surface area contributed by atoms with E-state index in [0.717, 1.165) is 51.6 Å². The third kappa shape index (κ3) is 4.27. The predicted octanol–water partition coefficient (Wildman–Crippen LogP) is 6.20. The Bertz CT molecular complexity index is 1840. The van der Waals surface area contributed by atoms with Crippen LogP contribution in [-0.4, -0.2) is 70.5 Å². The van der Waals surface area contributed by atoms with Crippen LogP contribution in [0.1, 0.15) is 50.5 Å². The number of nitrogens with zero attached hydrogens (tertiary/aromatic N) is 5. The molecule has 0 saturated carbocycles. The first-order valence-corrected chi connectivity index (χ1v) is 15.5. The second-order valence-corrected chi connectivity index (χ2v) is 12.5.